The molecule has 0 heterocycles. The van der Waals surface area contributed by atoms with Gasteiger partial charge in [0, 0.05) is 6.08 Å². The SMILES string of the molecule is O=C(O)/C=C(\Cl)C(=O)CC(=O)O. The Hall–Kier alpha value is -1.36. The Kier molecular flexibility index (Phi) is 3.99. The number of aliphatic carboxylic acids is 2. The van der Waals surface area contributed by atoms with Crippen LogP contribution in [-0.4, -0.2) is 27.9 Å². The number of carbonyl (C=O) groups is 3. The topological polar surface area (TPSA) is 91.7 Å². The van der Waals surface area contributed by atoms with E-state index in [1.807, 2.05) is 0 Å². The molecule has 0 radical (unpaired) electrons. The van der Waals surface area contributed by atoms with Crippen molar-refractivity contribution in [2.24, 2.45) is 0 Å². The number of halogens is 1. The van der Waals surface area contributed by atoms with Crippen molar-refractivity contribution in [2.45, 2.75) is 6.42 Å². The third-order valence-corrected chi connectivity index (χ3v) is 1.15. The maximum Gasteiger partial charge on any atom is 0.329 e. The molecular weight excluding hydrogens is 188 g/mol. The average Bonchev–Trinajstić information content (AvgIpc) is 1.84. The molecular formula is C6H5ClO5. The van der Waals surface area contributed by atoms with Gasteiger partial charge in [-0.25, -0.2) is 4.79 Å². The summed E-state index contributed by atoms with van der Waals surface area (Å²) in [7, 11) is 0. The van der Waals surface area contributed by atoms with Crippen LogP contribution in [0.1, 0.15) is 6.42 Å². The van der Waals surface area contributed by atoms with Crippen molar-refractivity contribution < 1.29 is 24.6 Å². The molecule has 0 fully saturated rings. The zero-order valence-electron chi connectivity index (χ0n) is 5.78. The monoisotopic (exact) mass is 192 g/mol. The normalized spacial score (nSPS) is 10.9. The van der Waals surface area contributed by atoms with Crippen molar-refractivity contribution in [2.75, 3.05) is 0 Å². The summed E-state index contributed by atoms with van der Waals surface area (Å²) in [5.41, 5.74) is 0. The summed E-state index contributed by atoms with van der Waals surface area (Å²) in [5, 5.41) is 15.6. The van der Waals surface area contributed by atoms with Gasteiger partial charge in [-0.15, -0.1) is 0 Å². The molecule has 0 aliphatic heterocycles. The van der Waals surface area contributed by atoms with E-state index in [1.165, 1.54) is 0 Å². The summed E-state index contributed by atoms with van der Waals surface area (Å²) in [6.07, 6.45) is -0.352. The van der Waals surface area contributed by atoms with Crippen molar-refractivity contribution in [1.29, 1.82) is 0 Å². The van der Waals surface area contributed by atoms with Gasteiger partial charge in [0.05, 0.1) is 5.03 Å². The van der Waals surface area contributed by atoms with Gasteiger partial charge in [-0.1, -0.05) is 11.6 Å². The average molecular weight is 193 g/mol. The second kappa shape index (κ2) is 4.50. The van der Waals surface area contributed by atoms with Crippen LogP contribution in [0.25, 0.3) is 0 Å². The number of ketones is 1. The number of rotatable bonds is 4. The highest BCUT2D eigenvalue weighted by Gasteiger charge is 2.12. The maximum atomic E-state index is 10.6. The van der Waals surface area contributed by atoms with Crippen LogP contribution in [0, 0.1) is 0 Å². The third kappa shape index (κ3) is 4.45. The predicted molar refractivity (Wildman–Crippen MR) is 38.8 cm³/mol. The van der Waals surface area contributed by atoms with Crippen molar-refractivity contribution in [3.8, 4) is 0 Å². The molecule has 0 atom stereocenters. The first-order valence-corrected chi connectivity index (χ1v) is 3.16. The molecule has 0 aliphatic rings. The van der Waals surface area contributed by atoms with Gasteiger partial charge in [0.1, 0.15) is 6.42 Å². The minimum atomic E-state index is -1.39. The Morgan fingerprint density at radius 2 is 1.75 bits per heavy atom. The van der Waals surface area contributed by atoms with Gasteiger partial charge in [-0.2, -0.15) is 0 Å². The quantitative estimate of drug-likeness (QED) is 0.492. The Labute approximate surface area is 72.3 Å². The molecule has 0 unspecified atom stereocenters. The van der Waals surface area contributed by atoms with Crippen molar-refractivity contribution in [3.05, 3.63) is 11.1 Å². The highest BCUT2D eigenvalue weighted by Crippen LogP contribution is 2.05. The Morgan fingerprint density at radius 1 is 1.25 bits per heavy atom. The number of hydrogen-bond donors (Lipinski definition) is 2. The third-order valence-electron chi connectivity index (χ3n) is 0.828. The molecule has 66 valence electrons. The first-order chi connectivity index (χ1) is 5.43. The van der Waals surface area contributed by atoms with Crippen LogP contribution < -0.4 is 0 Å². The number of carbonyl (C=O) groups excluding carboxylic acids is 1. The molecule has 6 heteroatoms. The van der Waals surface area contributed by atoms with Gasteiger partial charge in [0.15, 0.2) is 5.78 Å². The molecule has 2 N–H and O–H groups in total. The number of allylic oxidation sites excluding steroid dienone is 1. The number of Topliss-reactive ketones (excluding diaryl/α,β-unsaturated/α-hetero) is 1. The lowest BCUT2D eigenvalue weighted by Gasteiger charge is -1.91. The van der Waals surface area contributed by atoms with Crippen molar-refractivity contribution in [1.82, 2.24) is 0 Å². The smallest absolute Gasteiger partial charge is 0.329 e. The molecule has 5 nitrogen and oxygen atoms in total. The van der Waals surface area contributed by atoms with E-state index in [0.29, 0.717) is 6.08 Å². The van der Waals surface area contributed by atoms with E-state index in [4.69, 9.17) is 21.8 Å². The van der Waals surface area contributed by atoms with Gasteiger partial charge in [-0.3, -0.25) is 9.59 Å². The molecule has 0 bridgehead atoms. The zero-order chi connectivity index (χ0) is 9.72. The van der Waals surface area contributed by atoms with E-state index in [-0.39, 0.29) is 0 Å². The maximum absolute atomic E-state index is 10.6. The molecule has 0 saturated carbocycles. The molecule has 0 aromatic carbocycles. The first-order valence-electron chi connectivity index (χ1n) is 2.78. The highest BCUT2D eigenvalue weighted by molar-refractivity contribution is 6.44. The summed E-state index contributed by atoms with van der Waals surface area (Å²) in [6.45, 7) is 0. The number of carboxylic acids is 2. The van der Waals surface area contributed by atoms with E-state index >= 15 is 0 Å². The summed E-state index contributed by atoms with van der Waals surface area (Å²) in [4.78, 5) is 30.5. The summed E-state index contributed by atoms with van der Waals surface area (Å²) < 4.78 is 0. The molecule has 0 aromatic heterocycles. The molecule has 0 saturated heterocycles. The van der Waals surface area contributed by atoms with Gasteiger partial charge in [0.25, 0.3) is 0 Å². The van der Waals surface area contributed by atoms with Crippen LogP contribution in [0.4, 0.5) is 0 Å². The Bertz CT molecular complexity index is 255. The lowest BCUT2D eigenvalue weighted by molar-refractivity contribution is -0.139. The van der Waals surface area contributed by atoms with Gasteiger partial charge < -0.3 is 10.2 Å². The van der Waals surface area contributed by atoms with Gasteiger partial charge in [0.2, 0.25) is 0 Å². The fourth-order valence-corrected chi connectivity index (χ4v) is 0.571. The fraction of sp³-hybridized carbons (Fsp3) is 0.167. The van der Waals surface area contributed by atoms with Crippen LogP contribution in [0.5, 0.6) is 0 Å². The van der Waals surface area contributed by atoms with Crippen LogP contribution in [0.15, 0.2) is 11.1 Å². The van der Waals surface area contributed by atoms with E-state index in [9.17, 15) is 14.4 Å². The van der Waals surface area contributed by atoms with Crippen LogP contribution >= 0.6 is 11.6 Å². The minimum absolute atomic E-state index is 0.451. The fourth-order valence-electron chi connectivity index (χ4n) is 0.411. The molecule has 0 aliphatic carbocycles. The molecule has 12 heavy (non-hydrogen) atoms. The van der Waals surface area contributed by atoms with E-state index in [1.54, 1.807) is 0 Å². The number of hydrogen-bond acceptors (Lipinski definition) is 3. The predicted octanol–water partition coefficient (Wildman–Crippen LogP) is 0.238. The van der Waals surface area contributed by atoms with Crippen molar-refractivity contribution in [3.63, 3.8) is 0 Å². The lowest BCUT2D eigenvalue weighted by atomic mass is 10.2. The van der Waals surface area contributed by atoms with Crippen LogP contribution in [0.3, 0.4) is 0 Å². The molecule has 0 rings (SSSR count). The zero-order valence-corrected chi connectivity index (χ0v) is 6.54. The molecule has 0 amide bonds. The second-order valence-corrected chi connectivity index (χ2v) is 2.23. The van der Waals surface area contributed by atoms with E-state index in [0.717, 1.165) is 0 Å². The second-order valence-electron chi connectivity index (χ2n) is 1.82. The van der Waals surface area contributed by atoms with Crippen LogP contribution in [0.2, 0.25) is 0 Å². The summed E-state index contributed by atoms with van der Waals surface area (Å²) in [5.74, 6) is -3.66. The van der Waals surface area contributed by atoms with Gasteiger partial charge >= 0.3 is 11.9 Å². The largest absolute Gasteiger partial charge is 0.481 e. The Balaban J connectivity index is 4.29. The van der Waals surface area contributed by atoms with E-state index < -0.39 is 29.2 Å². The van der Waals surface area contributed by atoms with Crippen LogP contribution in [-0.2, 0) is 14.4 Å². The lowest BCUT2D eigenvalue weighted by Crippen LogP contribution is -2.07. The first kappa shape index (κ1) is 10.6. The molecule has 0 aromatic rings. The molecule has 0 spiro atoms. The van der Waals surface area contributed by atoms with Gasteiger partial charge in [-0.05, 0) is 0 Å². The van der Waals surface area contributed by atoms with E-state index in [2.05, 4.69) is 0 Å². The Morgan fingerprint density at radius 3 is 2.08 bits per heavy atom. The summed E-state index contributed by atoms with van der Waals surface area (Å²) >= 11 is 5.14. The summed E-state index contributed by atoms with van der Waals surface area (Å²) in [6, 6.07) is 0. The standard InChI is InChI=1S/C6H5ClO5/c7-3(1-5(9)10)4(8)2-6(11)12/h1H,2H2,(H,9,10)(H,11,12)/b3-1-. The van der Waals surface area contributed by atoms with Crippen molar-refractivity contribution >= 4 is 29.3 Å². The highest BCUT2D eigenvalue weighted by atomic mass is 35.5. The number of carboxylic acid groups (broad SMARTS) is 2. The minimum Gasteiger partial charge on any atom is -0.481 e.